The first kappa shape index (κ1) is 15.9. The van der Waals surface area contributed by atoms with Gasteiger partial charge in [-0.2, -0.15) is 13.2 Å². The first-order valence-electron chi connectivity index (χ1n) is 5.88. The van der Waals surface area contributed by atoms with Crippen molar-refractivity contribution >= 4 is 6.09 Å². The Morgan fingerprint density at radius 1 is 1.30 bits per heavy atom. The van der Waals surface area contributed by atoms with Gasteiger partial charge in [-0.25, -0.2) is 4.79 Å². The highest BCUT2D eigenvalue weighted by Gasteiger charge is 2.33. The van der Waals surface area contributed by atoms with E-state index in [9.17, 15) is 18.0 Å². The van der Waals surface area contributed by atoms with Crippen molar-refractivity contribution < 1.29 is 22.7 Å². The normalized spacial score (nSPS) is 10.7. The summed E-state index contributed by atoms with van der Waals surface area (Å²) in [5.74, 6) is 2.20. The Morgan fingerprint density at radius 2 is 1.95 bits per heavy atom. The van der Waals surface area contributed by atoms with Crippen LogP contribution in [0.4, 0.5) is 18.0 Å². The van der Waals surface area contributed by atoms with Crippen molar-refractivity contribution in [2.24, 2.45) is 0 Å². The Hall–Kier alpha value is -2.16. The molecule has 0 aliphatic rings. The van der Waals surface area contributed by atoms with Gasteiger partial charge in [-0.1, -0.05) is 30.3 Å². The molecule has 0 unspecified atom stereocenters. The largest absolute Gasteiger partial charge is 0.445 e. The molecule has 0 saturated heterocycles. The van der Waals surface area contributed by atoms with Gasteiger partial charge in [0.15, 0.2) is 0 Å². The summed E-state index contributed by atoms with van der Waals surface area (Å²) in [5.41, 5.74) is 0.699. The summed E-state index contributed by atoms with van der Waals surface area (Å²) in [4.78, 5) is 12.2. The third-order valence-corrected chi connectivity index (χ3v) is 2.36. The Kier molecular flexibility index (Phi) is 5.91. The van der Waals surface area contributed by atoms with E-state index < -0.39 is 18.8 Å². The van der Waals surface area contributed by atoms with E-state index in [0.29, 0.717) is 10.5 Å². The van der Waals surface area contributed by atoms with E-state index in [1.54, 1.807) is 30.3 Å². The van der Waals surface area contributed by atoms with Crippen LogP contribution in [0.5, 0.6) is 0 Å². The van der Waals surface area contributed by atoms with Crippen molar-refractivity contribution in [2.75, 3.05) is 13.1 Å². The van der Waals surface area contributed by atoms with Crippen molar-refractivity contribution in [3.8, 4) is 12.3 Å². The number of hydrogen-bond acceptors (Lipinski definition) is 2. The molecule has 0 saturated carbocycles. The first-order chi connectivity index (χ1) is 9.42. The Morgan fingerprint density at radius 3 is 2.50 bits per heavy atom. The number of hydrogen-bond donors (Lipinski definition) is 0. The van der Waals surface area contributed by atoms with Gasteiger partial charge < -0.3 is 4.74 Å². The maximum Gasteiger partial charge on any atom is 0.410 e. The summed E-state index contributed by atoms with van der Waals surface area (Å²) < 4.78 is 41.9. The molecule has 0 N–H and O–H groups in total. The lowest BCUT2D eigenvalue weighted by atomic mass is 10.2. The van der Waals surface area contributed by atoms with Crippen LogP contribution in [0, 0.1) is 12.3 Å². The summed E-state index contributed by atoms with van der Waals surface area (Å²) in [5, 5.41) is 0. The minimum absolute atomic E-state index is 0.0382. The number of rotatable bonds is 5. The van der Waals surface area contributed by atoms with Crippen molar-refractivity contribution in [3.05, 3.63) is 35.9 Å². The molecule has 1 rings (SSSR count). The number of carbonyl (C=O) groups is 1. The van der Waals surface area contributed by atoms with E-state index in [1.165, 1.54) is 0 Å². The summed E-state index contributed by atoms with van der Waals surface area (Å²) in [7, 11) is 0. The van der Waals surface area contributed by atoms with Crippen LogP contribution in [0.1, 0.15) is 12.0 Å². The van der Waals surface area contributed by atoms with E-state index in [4.69, 9.17) is 11.2 Å². The molecule has 0 radical (unpaired) electrons. The van der Waals surface area contributed by atoms with E-state index >= 15 is 0 Å². The fourth-order valence-electron chi connectivity index (χ4n) is 1.46. The quantitative estimate of drug-likeness (QED) is 0.777. The van der Waals surface area contributed by atoms with Gasteiger partial charge in [-0.3, -0.25) is 4.90 Å². The molecule has 0 spiro atoms. The molecule has 0 fully saturated rings. The van der Waals surface area contributed by atoms with Gasteiger partial charge in [0.25, 0.3) is 0 Å². The summed E-state index contributed by atoms with van der Waals surface area (Å²) in [6.07, 6.45) is -0.478. The number of nitrogens with zero attached hydrogens (tertiary/aromatic N) is 1. The SMILES string of the molecule is C#CCCN(CC(F)(F)F)C(=O)OCc1ccccc1. The number of benzene rings is 1. The van der Waals surface area contributed by atoms with Crippen LogP contribution in [-0.2, 0) is 11.3 Å². The zero-order chi connectivity index (χ0) is 15.0. The molecular weight excluding hydrogens is 271 g/mol. The van der Waals surface area contributed by atoms with Gasteiger partial charge in [0.2, 0.25) is 0 Å². The molecule has 108 valence electrons. The summed E-state index contributed by atoms with van der Waals surface area (Å²) >= 11 is 0. The van der Waals surface area contributed by atoms with Gasteiger partial charge in [0, 0.05) is 13.0 Å². The highest BCUT2D eigenvalue weighted by molar-refractivity contribution is 5.67. The van der Waals surface area contributed by atoms with E-state index in [1.807, 2.05) is 0 Å². The van der Waals surface area contributed by atoms with Gasteiger partial charge in [-0.15, -0.1) is 12.3 Å². The second-order valence-electron chi connectivity index (χ2n) is 4.03. The van der Waals surface area contributed by atoms with Crippen LogP contribution in [0.3, 0.4) is 0 Å². The monoisotopic (exact) mass is 285 g/mol. The second-order valence-corrected chi connectivity index (χ2v) is 4.03. The third kappa shape index (κ3) is 6.14. The lowest BCUT2D eigenvalue weighted by molar-refractivity contribution is -0.142. The fraction of sp³-hybridized carbons (Fsp3) is 0.357. The molecule has 0 aromatic heterocycles. The van der Waals surface area contributed by atoms with Crippen LogP contribution in [0.2, 0.25) is 0 Å². The molecule has 3 nitrogen and oxygen atoms in total. The minimum atomic E-state index is -4.49. The molecule has 0 heterocycles. The second kappa shape index (κ2) is 7.43. The maximum atomic E-state index is 12.4. The predicted octanol–water partition coefficient (Wildman–Crippen LogP) is 3.21. The molecule has 0 atom stereocenters. The molecule has 0 aliphatic carbocycles. The molecule has 0 aliphatic heterocycles. The standard InChI is InChI=1S/C14H14F3NO2/c1-2-3-9-18(11-14(15,16)17)13(19)20-10-12-7-5-4-6-8-12/h1,4-8H,3,9-11H2. The van der Waals surface area contributed by atoms with Crippen LogP contribution >= 0.6 is 0 Å². The lowest BCUT2D eigenvalue weighted by Gasteiger charge is -2.22. The number of amides is 1. The zero-order valence-corrected chi connectivity index (χ0v) is 10.7. The highest BCUT2D eigenvalue weighted by Crippen LogP contribution is 2.17. The number of halogens is 3. The third-order valence-electron chi connectivity index (χ3n) is 2.36. The van der Waals surface area contributed by atoms with Crippen molar-refractivity contribution in [3.63, 3.8) is 0 Å². The number of alkyl halides is 3. The Labute approximate surface area is 115 Å². The molecule has 20 heavy (non-hydrogen) atoms. The Bertz CT molecular complexity index is 466. The molecule has 1 amide bonds. The van der Waals surface area contributed by atoms with Crippen LogP contribution in [0.15, 0.2) is 30.3 Å². The summed E-state index contributed by atoms with van der Waals surface area (Å²) in [6, 6.07) is 8.70. The molecule has 6 heteroatoms. The minimum Gasteiger partial charge on any atom is -0.445 e. The Balaban J connectivity index is 2.56. The average Bonchev–Trinajstić information content (AvgIpc) is 2.40. The average molecular weight is 285 g/mol. The smallest absolute Gasteiger partial charge is 0.410 e. The van der Waals surface area contributed by atoms with Crippen LogP contribution < -0.4 is 0 Å². The van der Waals surface area contributed by atoms with Gasteiger partial charge in [0.1, 0.15) is 13.2 Å². The predicted molar refractivity (Wildman–Crippen MR) is 67.7 cm³/mol. The molecule has 1 aromatic carbocycles. The van der Waals surface area contributed by atoms with Crippen molar-refractivity contribution in [1.82, 2.24) is 4.90 Å². The lowest BCUT2D eigenvalue weighted by Crippen LogP contribution is -2.39. The molecule has 1 aromatic rings. The van der Waals surface area contributed by atoms with Crippen molar-refractivity contribution in [2.45, 2.75) is 19.2 Å². The fourth-order valence-corrected chi connectivity index (χ4v) is 1.46. The zero-order valence-electron chi connectivity index (χ0n) is 10.7. The van der Waals surface area contributed by atoms with Gasteiger partial charge >= 0.3 is 12.3 Å². The number of ether oxygens (including phenoxy) is 1. The summed E-state index contributed by atoms with van der Waals surface area (Å²) in [6.45, 7) is -1.64. The van der Waals surface area contributed by atoms with Gasteiger partial charge in [0.05, 0.1) is 0 Å². The topological polar surface area (TPSA) is 29.5 Å². The van der Waals surface area contributed by atoms with Crippen molar-refractivity contribution in [1.29, 1.82) is 0 Å². The van der Waals surface area contributed by atoms with Crippen LogP contribution in [0.25, 0.3) is 0 Å². The molecule has 0 bridgehead atoms. The van der Waals surface area contributed by atoms with E-state index in [2.05, 4.69) is 5.92 Å². The van der Waals surface area contributed by atoms with Crippen LogP contribution in [-0.4, -0.2) is 30.3 Å². The molecular formula is C14H14F3NO2. The maximum absolute atomic E-state index is 12.4. The van der Waals surface area contributed by atoms with E-state index in [0.717, 1.165) is 0 Å². The van der Waals surface area contributed by atoms with Gasteiger partial charge in [-0.05, 0) is 5.56 Å². The number of terminal acetylenes is 1. The highest BCUT2D eigenvalue weighted by atomic mass is 19.4. The first-order valence-corrected chi connectivity index (χ1v) is 5.88. The number of carbonyl (C=O) groups excluding carboxylic acids is 1. The van der Waals surface area contributed by atoms with E-state index in [-0.39, 0.29) is 19.6 Å².